The van der Waals surface area contributed by atoms with Crippen molar-refractivity contribution in [1.29, 1.82) is 0 Å². The smallest absolute Gasteiger partial charge is 0.320 e. The Bertz CT molecular complexity index is 717. The second kappa shape index (κ2) is 7.21. The monoisotopic (exact) mass is 346 g/mol. The average molecular weight is 346 g/mol. The Hall–Kier alpha value is -2.44. The maximum atomic E-state index is 15.5. The van der Waals surface area contributed by atoms with E-state index in [-0.39, 0.29) is 24.9 Å². The van der Waals surface area contributed by atoms with Crippen LogP contribution in [-0.2, 0) is 5.67 Å². The summed E-state index contributed by atoms with van der Waals surface area (Å²) in [5, 5.41) is 3.90. The predicted octanol–water partition coefficient (Wildman–Crippen LogP) is 3.46. The maximum absolute atomic E-state index is 15.5. The van der Waals surface area contributed by atoms with E-state index in [9.17, 15) is 4.79 Å². The van der Waals surface area contributed by atoms with Gasteiger partial charge in [0, 0.05) is 25.2 Å². The lowest BCUT2D eigenvalue weighted by Gasteiger charge is -2.37. The fourth-order valence-electron chi connectivity index (χ4n) is 3.15. The third kappa shape index (κ3) is 3.50. The molecule has 2 aromatic rings. The number of likely N-dealkylation sites (tertiary alicyclic amines) is 1. The highest BCUT2D eigenvalue weighted by Gasteiger charge is 2.44. The first-order chi connectivity index (χ1) is 12.1. The maximum Gasteiger partial charge on any atom is 0.320 e. The molecule has 0 spiro atoms. The van der Waals surface area contributed by atoms with Crippen LogP contribution in [0, 0.1) is 0 Å². The number of carbonyl (C=O) groups is 1. The molecule has 134 valence electrons. The summed E-state index contributed by atoms with van der Waals surface area (Å²) in [6, 6.07) is 9.16. The van der Waals surface area contributed by atoms with Gasteiger partial charge in [-0.05, 0) is 26.7 Å². The Kier molecular flexibility index (Phi) is 5.01. The van der Waals surface area contributed by atoms with Gasteiger partial charge >= 0.3 is 6.03 Å². The zero-order valence-electron chi connectivity index (χ0n) is 14.6. The fourth-order valence-corrected chi connectivity index (χ4v) is 3.15. The van der Waals surface area contributed by atoms with Gasteiger partial charge in [0.15, 0.2) is 0 Å². The van der Waals surface area contributed by atoms with Crippen molar-refractivity contribution >= 4 is 6.03 Å². The van der Waals surface area contributed by atoms with Gasteiger partial charge in [-0.25, -0.2) is 9.18 Å². The topological polar surface area (TPSA) is 62.5 Å². The lowest BCUT2D eigenvalue weighted by Crippen LogP contribution is -2.51. The number of rotatable bonds is 4. The average Bonchev–Trinajstić information content (AvgIpc) is 3.14. The van der Waals surface area contributed by atoms with Gasteiger partial charge in [0.2, 0.25) is 11.5 Å². The third-order valence-electron chi connectivity index (χ3n) is 4.59. The van der Waals surface area contributed by atoms with E-state index in [0.717, 1.165) is 5.56 Å². The first kappa shape index (κ1) is 17.4. The van der Waals surface area contributed by atoms with Crippen LogP contribution in [0.25, 0.3) is 11.4 Å². The summed E-state index contributed by atoms with van der Waals surface area (Å²) in [6.45, 7) is 5.52. The summed E-state index contributed by atoms with van der Waals surface area (Å²) in [4.78, 5) is 20.0. The molecule has 0 aliphatic carbocycles. The number of amides is 2. The summed E-state index contributed by atoms with van der Waals surface area (Å²) >= 11 is 0. The Morgan fingerprint density at radius 1 is 1.32 bits per heavy atom. The third-order valence-corrected chi connectivity index (χ3v) is 4.59. The number of aromatic nitrogens is 2. The molecule has 6 nitrogen and oxygen atoms in total. The zero-order chi connectivity index (χ0) is 17.9. The minimum Gasteiger partial charge on any atom is -0.335 e. The second-order valence-corrected chi connectivity index (χ2v) is 6.23. The molecule has 3 rings (SSSR count). The largest absolute Gasteiger partial charge is 0.335 e. The van der Waals surface area contributed by atoms with E-state index < -0.39 is 5.67 Å². The molecule has 2 heterocycles. The molecule has 0 radical (unpaired) electrons. The number of nitrogens with zero attached hydrogens (tertiary/aromatic N) is 4. The van der Waals surface area contributed by atoms with Crippen LogP contribution >= 0.6 is 0 Å². The Labute approximate surface area is 146 Å². The van der Waals surface area contributed by atoms with Gasteiger partial charge in [-0.2, -0.15) is 4.98 Å². The van der Waals surface area contributed by atoms with E-state index in [2.05, 4.69) is 10.1 Å². The van der Waals surface area contributed by atoms with Crippen LogP contribution in [0.5, 0.6) is 0 Å². The van der Waals surface area contributed by atoms with E-state index in [0.29, 0.717) is 31.9 Å². The lowest BCUT2D eigenvalue weighted by atomic mass is 9.94. The highest BCUT2D eigenvalue weighted by molar-refractivity contribution is 5.74. The van der Waals surface area contributed by atoms with Gasteiger partial charge in [0.05, 0.1) is 6.54 Å². The summed E-state index contributed by atoms with van der Waals surface area (Å²) < 4.78 is 20.7. The quantitative estimate of drug-likeness (QED) is 0.850. The van der Waals surface area contributed by atoms with E-state index in [1.54, 1.807) is 9.80 Å². The molecule has 1 aliphatic heterocycles. The number of halogens is 1. The van der Waals surface area contributed by atoms with Crippen molar-refractivity contribution in [2.75, 3.05) is 26.2 Å². The van der Waals surface area contributed by atoms with Gasteiger partial charge in [-0.1, -0.05) is 35.5 Å². The van der Waals surface area contributed by atoms with Crippen LogP contribution in [0.1, 0.15) is 32.6 Å². The summed E-state index contributed by atoms with van der Waals surface area (Å²) in [5.74, 6) is 0.309. The molecule has 7 heteroatoms. The molecular weight excluding hydrogens is 323 g/mol. The standard InChI is InChI=1S/C18H23FN4O2/c1-3-22(4-2)17(24)23-12-8-11-18(19,13-23)16-20-15(21-25-16)14-9-6-5-7-10-14/h5-7,9-10H,3-4,8,11-13H2,1-2H3. The molecular formula is C18H23FN4O2. The van der Waals surface area contributed by atoms with Crippen LogP contribution in [0.4, 0.5) is 9.18 Å². The normalized spacial score (nSPS) is 20.5. The van der Waals surface area contributed by atoms with Gasteiger partial charge < -0.3 is 14.3 Å². The minimum absolute atomic E-state index is 0.0524. The van der Waals surface area contributed by atoms with Crippen molar-refractivity contribution in [2.24, 2.45) is 0 Å². The molecule has 1 saturated heterocycles. The van der Waals surface area contributed by atoms with Crippen LogP contribution in [0.15, 0.2) is 34.9 Å². The second-order valence-electron chi connectivity index (χ2n) is 6.23. The molecule has 1 aliphatic rings. The number of hydrogen-bond acceptors (Lipinski definition) is 4. The molecule has 2 amide bonds. The van der Waals surface area contributed by atoms with Crippen molar-refractivity contribution < 1.29 is 13.7 Å². The number of benzene rings is 1. The molecule has 1 aromatic heterocycles. The zero-order valence-corrected chi connectivity index (χ0v) is 14.6. The van der Waals surface area contributed by atoms with Crippen molar-refractivity contribution in [3.63, 3.8) is 0 Å². The Balaban J connectivity index is 1.79. The highest BCUT2D eigenvalue weighted by Crippen LogP contribution is 2.35. The molecule has 1 atom stereocenters. The minimum atomic E-state index is -1.80. The van der Waals surface area contributed by atoms with Crippen LogP contribution < -0.4 is 0 Å². The van der Waals surface area contributed by atoms with Gasteiger partial charge in [-0.3, -0.25) is 0 Å². The molecule has 1 unspecified atom stereocenters. The first-order valence-electron chi connectivity index (χ1n) is 8.69. The fraction of sp³-hybridized carbons (Fsp3) is 0.500. The van der Waals surface area contributed by atoms with E-state index >= 15 is 4.39 Å². The molecule has 25 heavy (non-hydrogen) atoms. The molecule has 0 saturated carbocycles. The number of piperidine rings is 1. The number of carbonyl (C=O) groups excluding carboxylic acids is 1. The van der Waals surface area contributed by atoms with Crippen LogP contribution in [0.2, 0.25) is 0 Å². The Morgan fingerprint density at radius 2 is 2.04 bits per heavy atom. The van der Waals surface area contributed by atoms with Gasteiger partial charge in [-0.15, -0.1) is 0 Å². The molecule has 1 aromatic carbocycles. The van der Waals surface area contributed by atoms with E-state index in [1.807, 2.05) is 44.2 Å². The van der Waals surface area contributed by atoms with E-state index in [4.69, 9.17) is 4.52 Å². The molecule has 1 fully saturated rings. The summed E-state index contributed by atoms with van der Waals surface area (Å²) in [6.07, 6.45) is 0.831. The molecule has 0 bridgehead atoms. The van der Waals surface area contributed by atoms with Crippen molar-refractivity contribution in [1.82, 2.24) is 19.9 Å². The number of hydrogen-bond donors (Lipinski definition) is 0. The van der Waals surface area contributed by atoms with Crippen LogP contribution in [0.3, 0.4) is 0 Å². The van der Waals surface area contributed by atoms with Crippen molar-refractivity contribution in [3.05, 3.63) is 36.2 Å². The van der Waals surface area contributed by atoms with Crippen LogP contribution in [-0.4, -0.2) is 52.2 Å². The summed E-state index contributed by atoms with van der Waals surface area (Å²) in [5.41, 5.74) is -1.03. The van der Waals surface area contributed by atoms with Crippen molar-refractivity contribution in [3.8, 4) is 11.4 Å². The van der Waals surface area contributed by atoms with Crippen molar-refractivity contribution in [2.45, 2.75) is 32.4 Å². The number of alkyl halides is 1. The summed E-state index contributed by atoms with van der Waals surface area (Å²) in [7, 11) is 0. The SMILES string of the molecule is CCN(CC)C(=O)N1CCCC(F)(c2nc(-c3ccccc3)no2)C1. The highest BCUT2D eigenvalue weighted by atomic mass is 19.1. The first-order valence-corrected chi connectivity index (χ1v) is 8.69. The lowest BCUT2D eigenvalue weighted by molar-refractivity contribution is 0.0236. The van der Waals surface area contributed by atoms with E-state index in [1.165, 1.54) is 0 Å². The predicted molar refractivity (Wildman–Crippen MR) is 91.6 cm³/mol. The van der Waals surface area contributed by atoms with Gasteiger partial charge in [0.1, 0.15) is 0 Å². The molecule has 0 N–H and O–H groups in total. The van der Waals surface area contributed by atoms with Gasteiger partial charge in [0.25, 0.3) is 5.89 Å². The Morgan fingerprint density at radius 3 is 2.72 bits per heavy atom. The number of urea groups is 1.